The fourth-order valence-corrected chi connectivity index (χ4v) is 6.53. The molecule has 5 rings (SSSR count). The highest BCUT2D eigenvalue weighted by Crippen LogP contribution is 2.69. The summed E-state index contributed by atoms with van der Waals surface area (Å²) >= 11 is 0. The first-order valence-electron chi connectivity index (χ1n) is 9.83. The van der Waals surface area contributed by atoms with Crippen molar-refractivity contribution in [2.75, 3.05) is 20.2 Å². The highest BCUT2D eigenvalue weighted by molar-refractivity contribution is 5.94. The topological polar surface area (TPSA) is 59.0 Å². The van der Waals surface area contributed by atoms with Gasteiger partial charge in [0.25, 0.3) is 0 Å². The van der Waals surface area contributed by atoms with Crippen molar-refractivity contribution in [2.24, 2.45) is 0 Å². The number of likely N-dealkylation sites (N-methyl/N-ethyl adjacent to an activating group) is 1. The number of rotatable bonds is 3. The van der Waals surface area contributed by atoms with Crippen LogP contribution in [0.2, 0.25) is 0 Å². The number of piperidine rings is 1. The van der Waals surface area contributed by atoms with E-state index in [4.69, 9.17) is 9.47 Å². The molecule has 1 N–H and O–H groups in total. The fourth-order valence-electron chi connectivity index (χ4n) is 6.53. The molecule has 0 amide bonds. The quantitative estimate of drug-likeness (QED) is 0.901. The van der Waals surface area contributed by atoms with Crippen molar-refractivity contribution in [3.63, 3.8) is 0 Å². The molecule has 1 aromatic carbocycles. The highest BCUT2D eigenvalue weighted by Gasteiger charge is 2.78. The summed E-state index contributed by atoms with van der Waals surface area (Å²) < 4.78 is 13.1. The van der Waals surface area contributed by atoms with E-state index < -0.39 is 16.6 Å². The maximum absolute atomic E-state index is 13.2. The Bertz CT molecular complexity index is 807. The molecule has 4 atom stereocenters. The summed E-state index contributed by atoms with van der Waals surface area (Å²) in [5.74, 6) is 0.802. The number of ketones is 1. The Balaban J connectivity index is 1.86. The molecule has 5 heteroatoms. The number of hydrogen-bond donors (Lipinski definition) is 1. The van der Waals surface area contributed by atoms with E-state index in [2.05, 4.69) is 18.9 Å². The Labute approximate surface area is 154 Å². The third-order valence-corrected chi connectivity index (χ3v) is 7.64. The Morgan fingerprint density at radius 1 is 1.38 bits per heavy atom. The molecule has 2 aliphatic carbocycles. The van der Waals surface area contributed by atoms with Gasteiger partial charge in [0.05, 0.1) is 11.0 Å². The number of hydrogen-bond acceptors (Lipinski definition) is 5. The molecule has 1 spiro atoms. The maximum Gasteiger partial charge on any atom is 0.177 e. The zero-order valence-corrected chi connectivity index (χ0v) is 15.8. The number of likely N-dealkylation sites (tertiary alicyclic amines) is 1. The fraction of sp³-hybridized carbons (Fsp3) is 0.667. The second-order valence-electron chi connectivity index (χ2n) is 8.60. The van der Waals surface area contributed by atoms with Gasteiger partial charge < -0.3 is 19.5 Å². The number of ether oxygens (including phenoxy) is 2. The Morgan fingerprint density at radius 3 is 2.96 bits per heavy atom. The van der Waals surface area contributed by atoms with Crippen LogP contribution in [0.4, 0.5) is 0 Å². The van der Waals surface area contributed by atoms with Crippen molar-refractivity contribution in [3.8, 4) is 11.5 Å². The summed E-state index contributed by atoms with van der Waals surface area (Å²) in [5.41, 5.74) is 0.333. The Morgan fingerprint density at radius 2 is 2.19 bits per heavy atom. The predicted octanol–water partition coefficient (Wildman–Crippen LogP) is 2.57. The maximum atomic E-state index is 13.2. The van der Waals surface area contributed by atoms with Crippen LogP contribution in [0.5, 0.6) is 11.5 Å². The third-order valence-electron chi connectivity index (χ3n) is 7.64. The van der Waals surface area contributed by atoms with Crippen LogP contribution in [0.15, 0.2) is 12.1 Å². The molecule has 1 saturated heterocycles. The van der Waals surface area contributed by atoms with E-state index in [9.17, 15) is 9.90 Å². The lowest BCUT2D eigenvalue weighted by Gasteiger charge is -2.66. The van der Waals surface area contributed by atoms with Crippen LogP contribution in [0, 0.1) is 0 Å². The minimum absolute atomic E-state index is 0.139. The zero-order chi connectivity index (χ0) is 18.3. The molecule has 1 unspecified atom stereocenters. The first-order valence-corrected chi connectivity index (χ1v) is 9.83. The SMILES string of the molecule is CCCO[C@@]12CCC(=O)C3(C)Oc4c(O)ccc5c4[C@@]31CCN(C)[C@@H]2C5. The highest BCUT2D eigenvalue weighted by atomic mass is 16.5. The molecular formula is C21H27NO4. The monoisotopic (exact) mass is 357 g/mol. The number of phenols is 1. The third kappa shape index (κ3) is 1.55. The van der Waals surface area contributed by atoms with Gasteiger partial charge >= 0.3 is 0 Å². The molecule has 2 aliphatic heterocycles. The molecule has 1 saturated carbocycles. The number of nitrogens with zero attached hydrogens (tertiary/aromatic N) is 1. The van der Waals surface area contributed by atoms with E-state index >= 15 is 0 Å². The van der Waals surface area contributed by atoms with Crippen molar-refractivity contribution in [1.82, 2.24) is 4.90 Å². The van der Waals surface area contributed by atoms with E-state index in [1.54, 1.807) is 6.07 Å². The molecule has 5 nitrogen and oxygen atoms in total. The van der Waals surface area contributed by atoms with Gasteiger partial charge in [-0.05, 0) is 57.8 Å². The molecule has 1 aromatic rings. The smallest absolute Gasteiger partial charge is 0.177 e. The second-order valence-corrected chi connectivity index (χ2v) is 8.60. The van der Waals surface area contributed by atoms with Crippen LogP contribution in [-0.2, 0) is 21.4 Å². The number of carbonyl (C=O) groups is 1. The molecule has 0 aromatic heterocycles. The lowest BCUT2D eigenvalue weighted by molar-refractivity contribution is -0.228. The zero-order valence-electron chi connectivity index (χ0n) is 15.8. The first kappa shape index (κ1) is 16.6. The van der Waals surface area contributed by atoms with Crippen LogP contribution < -0.4 is 4.74 Å². The molecule has 26 heavy (non-hydrogen) atoms. The van der Waals surface area contributed by atoms with Crippen LogP contribution >= 0.6 is 0 Å². The van der Waals surface area contributed by atoms with E-state index in [-0.39, 0.29) is 17.6 Å². The Kier molecular flexibility index (Phi) is 3.20. The molecular weight excluding hydrogens is 330 g/mol. The van der Waals surface area contributed by atoms with Crippen LogP contribution in [-0.4, -0.2) is 53.2 Å². The van der Waals surface area contributed by atoms with Crippen LogP contribution in [0.3, 0.4) is 0 Å². The average Bonchev–Trinajstić information content (AvgIpc) is 2.91. The summed E-state index contributed by atoms with van der Waals surface area (Å²) in [6.07, 6.45) is 3.83. The van der Waals surface area contributed by atoms with E-state index in [0.29, 0.717) is 18.8 Å². The second kappa shape index (κ2) is 5.02. The summed E-state index contributed by atoms with van der Waals surface area (Å²) in [6, 6.07) is 3.95. The normalized spacial score (nSPS) is 40.3. The van der Waals surface area contributed by atoms with Gasteiger partial charge in [0.1, 0.15) is 0 Å². The standard InChI is InChI=1S/C21H27NO4/c1-4-11-25-21-8-7-16(24)19(2)20(21)9-10-22(3)15(21)12-13-5-6-14(23)18(26-19)17(13)20/h5-6,15,23H,4,7-12H2,1-3H3/t15-,19?,20+,21-/m1/s1. The minimum atomic E-state index is -0.963. The summed E-state index contributed by atoms with van der Waals surface area (Å²) in [4.78, 5) is 15.6. The number of Topliss-reactive ketones (excluding diaryl/α,β-unsaturated/α-hetero) is 1. The van der Waals surface area contributed by atoms with Gasteiger partial charge in [-0.1, -0.05) is 13.0 Å². The number of benzene rings is 1. The van der Waals surface area contributed by atoms with Gasteiger partial charge in [0.2, 0.25) is 0 Å². The average molecular weight is 357 g/mol. The van der Waals surface area contributed by atoms with Crippen LogP contribution in [0.1, 0.15) is 50.7 Å². The van der Waals surface area contributed by atoms with Crippen molar-refractivity contribution in [3.05, 3.63) is 23.3 Å². The van der Waals surface area contributed by atoms with Gasteiger partial charge in [0, 0.05) is 24.6 Å². The van der Waals surface area contributed by atoms with Crippen molar-refractivity contribution in [1.29, 1.82) is 0 Å². The van der Waals surface area contributed by atoms with E-state index in [1.165, 1.54) is 5.56 Å². The summed E-state index contributed by atoms with van der Waals surface area (Å²) in [7, 11) is 2.17. The molecule has 140 valence electrons. The van der Waals surface area contributed by atoms with Crippen molar-refractivity contribution < 1.29 is 19.4 Å². The molecule has 2 fully saturated rings. The van der Waals surface area contributed by atoms with E-state index in [0.717, 1.165) is 37.8 Å². The predicted molar refractivity (Wildman–Crippen MR) is 96.8 cm³/mol. The lowest BCUT2D eigenvalue weighted by Crippen LogP contribution is -2.80. The molecule has 0 radical (unpaired) electrons. The van der Waals surface area contributed by atoms with Gasteiger partial charge in [-0.3, -0.25) is 4.79 Å². The van der Waals surface area contributed by atoms with Gasteiger partial charge in [-0.15, -0.1) is 0 Å². The Hall–Kier alpha value is -1.59. The van der Waals surface area contributed by atoms with Crippen LogP contribution in [0.25, 0.3) is 0 Å². The molecule has 2 heterocycles. The molecule has 4 aliphatic rings. The largest absolute Gasteiger partial charge is 0.504 e. The number of phenolic OH excluding ortho intramolecular Hbond substituents is 1. The van der Waals surface area contributed by atoms with Gasteiger partial charge in [-0.25, -0.2) is 0 Å². The van der Waals surface area contributed by atoms with Gasteiger partial charge in [-0.2, -0.15) is 0 Å². The van der Waals surface area contributed by atoms with Crippen molar-refractivity contribution >= 4 is 5.78 Å². The molecule has 2 bridgehead atoms. The summed E-state index contributed by atoms with van der Waals surface area (Å²) in [6.45, 7) is 5.65. The number of carbonyl (C=O) groups excluding carboxylic acids is 1. The van der Waals surface area contributed by atoms with Gasteiger partial charge in [0.15, 0.2) is 22.9 Å². The minimum Gasteiger partial charge on any atom is -0.504 e. The van der Waals surface area contributed by atoms with Crippen molar-refractivity contribution in [2.45, 2.75) is 68.6 Å². The number of aromatic hydroxyl groups is 1. The van der Waals surface area contributed by atoms with E-state index in [1.807, 2.05) is 13.0 Å². The lowest BCUT2D eigenvalue weighted by atomic mass is 9.45. The first-order chi connectivity index (χ1) is 12.4. The summed E-state index contributed by atoms with van der Waals surface area (Å²) in [5, 5.41) is 10.5.